The summed E-state index contributed by atoms with van der Waals surface area (Å²) in [4.78, 5) is 39.7. The number of benzene rings is 3. The minimum atomic E-state index is -0.820. The third kappa shape index (κ3) is 5.71. The Hall–Kier alpha value is -4.20. The average Bonchev–Trinajstić information content (AvgIpc) is 2.88. The van der Waals surface area contributed by atoms with Crippen LogP contribution < -0.4 is 19.7 Å². The molecule has 0 saturated carbocycles. The van der Waals surface area contributed by atoms with Crippen LogP contribution in [0, 0.1) is 12.7 Å². The summed E-state index contributed by atoms with van der Waals surface area (Å²) in [5.74, 6) is -1.30. The first kappa shape index (κ1) is 24.9. The molecular weight excluding hydrogens is 463 g/mol. The number of nitrogens with zero attached hydrogens (tertiary/aromatic N) is 1. The van der Waals surface area contributed by atoms with Gasteiger partial charge in [-0.25, -0.2) is 4.39 Å². The van der Waals surface area contributed by atoms with Crippen molar-refractivity contribution in [2.75, 3.05) is 24.7 Å². The van der Waals surface area contributed by atoms with Crippen LogP contribution >= 0.6 is 0 Å². The molecule has 1 unspecified atom stereocenters. The highest BCUT2D eigenvalue weighted by molar-refractivity contribution is 6.05. The number of ether oxygens (including phenoxy) is 2. The molecule has 0 fully saturated rings. The molecule has 1 aliphatic rings. The molecule has 0 radical (unpaired) electrons. The Morgan fingerprint density at radius 2 is 1.89 bits per heavy atom. The number of Topliss-reactive ketones (excluding diaryl/α,β-unsaturated/α-hetero) is 1. The number of aryl methyl sites for hydroxylation is 1. The SMILES string of the molecule is Cc1ccc(F)c(OCC(=O)c2ccc3c(c2)N(C(C)C(=O)NCCc2ccccc2)C(=O)CO3)c1. The van der Waals surface area contributed by atoms with E-state index in [2.05, 4.69) is 5.32 Å². The average molecular weight is 491 g/mol. The molecule has 7 nitrogen and oxygen atoms in total. The van der Waals surface area contributed by atoms with Gasteiger partial charge in [-0.2, -0.15) is 0 Å². The summed E-state index contributed by atoms with van der Waals surface area (Å²) in [6, 6.07) is 18.0. The van der Waals surface area contributed by atoms with Crippen LogP contribution in [0.4, 0.5) is 10.1 Å². The number of carbonyl (C=O) groups is 3. The molecule has 0 aromatic heterocycles. The Balaban J connectivity index is 1.45. The first-order valence-electron chi connectivity index (χ1n) is 11.7. The summed E-state index contributed by atoms with van der Waals surface area (Å²) in [6.07, 6.45) is 0.660. The highest BCUT2D eigenvalue weighted by atomic mass is 19.1. The van der Waals surface area contributed by atoms with Gasteiger partial charge in [0.05, 0.1) is 5.69 Å². The van der Waals surface area contributed by atoms with Crippen LogP contribution in [0.2, 0.25) is 0 Å². The quantitative estimate of drug-likeness (QED) is 0.461. The molecule has 0 bridgehead atoms. The van der Waals surface area contributed by atoms with Gasteiger partial charge in [0.2, 0.25) is 5.91 Å². The summed E-state index contributed by atoms with van der Waals surface area (Å²) in [7, 11) is 0. The smallest absolute Gasteiger partial charge is 0.265 e. The number of anilines is 1. The lowest BCUT2D eigenvalue weighted by Gasteiger charge is -2.33. The molecule has 36 heavy (non-hydrogen) atoms. The molecule has 3 aromatic rings. The zero-order chi connectivity index (χ0) is 25.7. The number of fused-ring (bicyclic) bond motifs is 1. The Labute approximate surface area is 208 Å². The van der Waals surface area contributed by atoms with E-state index in [0.717, 1.165) is 11.1 Å². The molecule has 186 valence electrons. The maximum absolute atomic E-state index is 14.0. The molecule has 2 amide bonds. The summed E-state index contributed by atoms with van der Waals surface area (Å²) in [5.41, 5.74) is 2.47. The van der Waals surface area contributed by atoms with Gasteiger partial charge in [-0.05, 0) is 61.7 Å². The van der Waals surface area contributed by atoms with Crippen molar-refractivity contribution < 1.29 is 28.2 Å². The van der Waals surface area contributed by atoms with Crippen LogP contribution in [0.1, 0.15) is 28.4 Å². The number of rotatable bonds is 9. The first-order chi connectivity index (χ1) is 17.3. The molecule has 0 aliphatic carbocycles. The standard InChI is InChI=1S/C28H27FN2O5/c1-18-8-10-22(29)26(14-18)35-16-24(32)21-9-11-25-23(15-21)31(27(33)17-36-25)19(2)28(34)30-13-12-20-6-4-3-5-7-20/h3-11,14-15,19H,12-13,16-17H2,1-2H3,(H,30,34). The topological polar surface area (TPSA) is 84.9 Å². The van der Waals surface area contributed by atoms with E-state index in [1.165, 1.54) is 23.1 Å². The first-order valence-corrected chi connectivity index (χ1v) is 11.7. The largest absolute Gasteiger partial charge is 0.482 e. The van der Waals surface area contributed by atoms with Gasteiger partial charge in [-0.1, -0.05) is 36.4 Å². The molecule has 0 saturated heterocycles. The van der Waals surface area contributed by atoms with E-state index >= 15 is 0 Å². The molecule has 4 rings (SSSR count). The number of hydrogen-bond donors (Lipinski definition) is 1. The zero-order valence-corrected chi connectivity index (χ0v) is 20.1. The van der Waals surface area contributed by atoms with Crippen LogP contribution in [0.5, 0.6) is 11.5 Å². The Kier molecular flexibility index (Phi) is 7.63. The second kappa shape index (κ2) is 11.0. The number of carbonyl (C=O) groups excluding carboxylic acids is 3. The summed E-state index contributed by atoms with van der Waals surface area (Å²) in [6.45, 7) is 3.25. The van der Waals surface area contributed by atoms with Gasteiger partial charge in [0.1, 0.15) is 11.8 Å². The third-order valence-electron chi connectivity index (χ3n) is 5.93. The van der Waals surface area contributed by atoms with Gasteiger partial charge in [-0.15, -0.1) is 0 Å². The van der Waals surface area contributed by atoms with Crippen molar-refractivity contribution in [2.45, 2.75) is 26.3 Å². The predicted octanol–water partition coefficient (Wildman–Crippen LogP) is 3.87. The second-order valence-corrected chi connectivity index (χ2v) is 8.58. The number of hydrogen-bond acceptors (Lipinski definition) is 5. The van der Waals surface area contributed by atoms with Crippen molar-refractivity contribution in [3.8, 4) is 11.5 Å². The molecule has 3 aromatic carbocycles. The number of amides is 2. The highest BCUT2D eigenvalue weighted by Crippen LogP contribution is 2.34. The van der Waals surface area contributed by atoms with Crippen molar-refractivity contribution in [1.29, 1.82) is 0 Å². The minimum Gasteiger partial charge on any atom is -0.482 e. The van der Waals surface area contributed by atoms with E-state index in [4.69, 9.17) is 9.47 Å². The molecule has 1 aliphatic heterocycles. The maximum Gasteiger partial charge on any atom is 0.265 e. The van der Waals surface area contributed by atoms with Crippen LogP contribution in [0.25, 0.3) is 0 Å². The van der Waals surface area contributed by atoms with Gasteiger partial charge >= 0.3 is 0 Å². The summed E-state index contributed by atoms with van der Waals surface area (Å²) in [5, 5.41) is 2.87. The van der Waals surface area contributed by atoms with Gasteiger partial charge in [-0.3, -0.25) is 19.3 Å². The fraction of sp³-hybridized carbons (Fsp3) is 0.250. The molecule has 1 N–H and O–H groups in total. The number of nitrogens with one attached hydrogen (secondary N) is 1. The van der Waals surface area contributed by atoms with E-state index in [1.807, 2.05) is 30.3 Å². The van der Waals surface area contributed by atoms with E-state index in [0.29, 0.717) is 24.4 Å². The lowest BCUT2D eigenvalue weighted by molar-refractivity contribution is -0.127. The Morgan fingerprint density at radius 3 is 2.67 bits per heavy atom. The van der Waals surface area contributed by atoms with Crippen LogP contribution in [0.3, 0.4) is 0 Å². The van der Waals surface area contributed by atoms with Gasteiger partial charge in [0.15, 0.2) is 30.6 Å². The lowest BCUT2D eigenvalue weighted by atomic mass is 10.1. The number of ketones is 1. The van der Waals surface area contributed by atoms with E-state index < -0.39 is 23.5 Å². The van der Waals surface area contributed by atoms with Crippen molar-refractivity contribution in [3.63, 3.8) is 0 Å². The minimum absolute atomic E-state index is 0.0118. The van der Waals surface area contributed by atoms with Crippen LogP contribution in [0.15, 0.2) is 66.7 Å². The van der Waals surface area contributed by atoms with Gasteiger partial charge in [0, 0.05) is 12.1 Å². The highest BCUT2D eigenvalue weighted by Gasteiger charge is 2.33. The fourth-order valence-electron chi connectivity index (χ4n) is 3.96. The Bertz CT molecular complexity index is 1280. The van der Waals surface area contributed by atoms with E-state index in [-0.39, 0.29) is 30.4 Å². The maximum atomic E-state index is 14.0. The lowest BCUT2D eigenvalue weighted by Crippen LogP contribution is -2.51. The van der Waals surface area contributed by atoms with Crippen molar-refractivity contribution in [1.82, 2.24) is 5.32 Å². The fourth-order valence-corrected chi connectivity index (χ4v) is 3.96. The Morgan fingerprint density at radius 1 is 1.11 bits per heavy atom. The molecular formula is C28H27FN2O5. The van der Waals surface area contributed by atoms with Crippen molar-refractivity contribution in [2.24, 2.45) is 0 Å². The van der Waals surface area contributed by atoms with E-state index in [9.17, 15) is 18.8 Å². The predicted molar refractivity (Wildman–Crippen MR) is 133 cm³/mol. The summed E-state index contributed by atoms with van der Waals surface area (Å²) >= 11 is 0. The van der Waals surface area contributed by atoms with Crippen LogP contribution in [-0.4, -0.2) is 43.4 Å². The second-order valence-electron chi connectivity index (χ2n) is 8.58. The zero-order valence-electron chi connectivity index (χ0n) is 20.1. The molecule has 1 atom stereocenters. The normalized spacial score (nSPS) is 13.4. The van der Waals surface area contributed by atoms with Gasteiger partial charge in [0.25, 0.3) is 5.91 Å². The van der Waals surface area contributed by atoms with Crippen LogP contribution in [-0.2, 0) is 16.0 Å². The van der Waals surface area contributed by atoms with Gasteiger partial charge < -0.3 is 14.8 Å². The van der Waals surface area contributed by atoms with Crippen molar-refractivity contribution in [3.05, 3.63) is 89.2 Å². The third-order valence-corrected chi connectivity index (χ3v) is 5.93. The number of halogens is 1. The molecule has 8 heteroatoms. The molecule has 0 spiro atoms. The van der Waals surface area contributed by atoms with Crippen molar-refractivity contribution >= 4 is 23.3 Å². The summed E-state index contributed by atoms with van der Waals surface area (Å²) < 4.78 is 24.9. The monoisotopic (exact) mass is 490 g/mol. The molecule has 1 heterocycles. The van der Waals surface area contributed by atoms with E-state index in [1.54, 1.807) is 32.0 Å².